The number of aromatic nitrogens is 2. The molecule has 1 amide bonds. The fourth-order valence-electron chi connectivity index (χ4n) is 3.28. The Labute approximate surface area is 242 Å². The summed E-state index contributed by atoms with van der Waals surface area (Å²) in [7, 11) is -11.8. The summed E-state index contributed by atoms with van der Waals surface area (Å²) in [6.45, 7) is -0.643. The second-order valence-corrected chi connectivity index (χ2v) is 11.8. The zero-order valence-corrected chi connectivity index (χ0v) is 25.1. The lowest BCUT2D eigenvalue weighted by molar-refractivity contribution is -0.237. The van der Waals surface area contributed by atoms with Gasteiger partial charge >= 0.3 is 45.8 Å². The van der Waals surface area contributed by atoms with E-state index in [0.717, 1.165) is 10.1 Å². The Morgan fingerprint density at radius 2 is 1.90 bits per heavy atom. The Bertz CT molecular complexity index is 1200. The van der Waals surface area contributed by atoms with Crippen LogP contribution in [0.25, 0.3) is 0 Å². The molecule has 1 saturated heterocycles. The summed E-state index contributed by atoms with van der Waals surface area (Å²) in [6.07, 6.45) is -2.37. The van der Waals surface area contributed by atoms with E-state index < -0.39 is 70.9 Å². The molecule has 1 aliphatic rings. The number of rotatable bonds is 17. The summed E-state index contributed by atoms with van der Waals surface area (Å²) in [4.78, 5) is 70.6. The largest absolute Gasteiger partial charge is 0.445 e. The molecular formula is C19H28N4O15P4. The van der Waals surface area contributed by atoms with E-state index in [9.17, 15) is 28.8 Å². The number of amides is 1. The average molecular weight is 676 g/mol. The van der Waals surface area contributed by atoms with E-state index in [1.54, 1.807) is 24.3 Å². The van der Waals surface area contributed by atoms with Gasteiger partial charge in [-0.25, -0.2) is 23.1 Å². The third-order valence-corrected chi connectivity index (χ3v) is 8.38. The van der Waals surface area contributed by atoms with Crippen LogP contribution in [0.5, 0.6) is 0 Å². The van der Waals surface area contributed by atoms with E-state index in [1.807, 2.05) is 6.07 Å². The maximum atomic E-state index is 12.1. The number of nitrogens with zero attached hydrogens (tertiary/aromatic N) is 2. The molecule has 7 atom stereocenters. The lowest BCUT2D eigenvalue weighted by Gasteiger charge is -2.18. The van der Waals surface area contributed by atoms with E-state index in [1.165, 1.54) is 12.3 Å². The molecule has 234 valence electrons. The van der Waals surface area contributed by atoms with Crippen LogP contribution >= 0.6 is 34.1 Å². The lowest BCUT2D eigenvalue weighted by atomic mass is 10.2. The summed E-state index contributed by atoms with van der Waals surface area (Å²) in [6, 6.07) is 10.4. The average Bonchev–Trinajstić information content (AvgIpc) is 3.31. The third kappa shape index (κ3) is 12.5. The van der Waals surface area contributed by atoms with Crippen molar-refractivity contribution in [3.05, 3.63) is 58.6 Å². The molecule has 2 aromatic rings. The van der Waals surface area contributed by atoms with Crippen LogP contribution < -0.4 is 16.7 Å². The van der Waals surface area contributed by atoms with Crippen LogP contribution in [0.3, 0.4) is 0 Å². The predicted molar refractivity (Wildman–Crippen MR) is 145 cm³/mol. The van der Waals surface area contributed by atoms with Gasteiger partial charge in [0.1, 0.15) is 31.4 Å². The highest BCUT2D eigenvalue weighted by molar-refractivity contribution is 7.60. The van der Waals surface area contributed by atoms with Crippen molar-refractivity contribution in [1.29, 1.82) is 0 Å². The second-order valence-electron chi connectivity index (χ2n) is 7.89. The van der Waals surface area contributed by atoms with Gasteiger partial charge in [0.2, 0.25) is 0 Å². The summed E-state index contributed by atoms with van der Waals surface area (Å²) in [5.74, 6) is -0.00560. The first kappa shape index (κ1) is 34.7. The molecule has 23 heteroatoms. The normalized spacial score (nSPS) is 21.4. The minimum atomic E-state index is -3.39. The first-order valence-electron chi connectivity index (χ1n) is 11.7. The fourth-order valence-corrected chi connectivity index (χ4v) is 5.83. The van der Waals surface area contributed by atoms with Crippen LogP contribution in [0.2, 0.25) is 0 Å². The van der Waals surface area contributed by atoms with Crippen LogP contribution in [0.4, 0.5) is 10.6 Å². The van der Waals surface area contributed by atoms with Crippen LogP contribution in [-0.4, -0.2) is 67.2 Å². The zero-order valence-electron chi connectivity index (χ0n) is 21.4. The number of alkyl carbamates (subject to hydrolysis) is 1. The Hall–Kier alpha value is -1.75. The van der Waals surface area contributed by atoms with Crippen molar-refractivity contribution >= 4 is 46.0 Å². The second kappa shape index (κ2) is 18.1. The van der Waals surface area contributed by atoms with Crippen molar-refractivity contribution in [2.75, 3.05) is 25.5 Å². The topological polar surface area (TPSA) is 262 Å². The molecule has 0 saturated carbocycles. The number of anilines is 1. The molecule has 1 aliphatic heterocycles. The summed E-state index contributed by atoms with van der Waals surface area (Å²) in [5.41, 5.74) is 5.55. The summed E-state index contributed by atoms with van der Waals surface area (Å²) < 4.78 is 46.8. The van der Waals surface area contributed by atoms with Crippen molar-refractivity contribution in [3.8, 4) is 0 Å². The molecule has 2 heterocycles. The number of nitrogens with two attached hydrogens (primary N) is 1. The monoisotopic (exact) mass is 676 g/mol. The molecule has 1 aromatic carbocycles. The molecule has 0 aliphatic carbocycles. The number of ether oxygens (including phenoxy) is 2. The van der Waals surface area contributed by atoms with E-state index >= 15 is 0 Å². The number of carbonyl (C=O) groups excluding carboxylic acids is 1. The standard InChI is InChI=1S/C19H28N4O15P4/c20-16-6-8-23(18(24)22-16)17-10-14(35-39(26)27)15(34-17)12-32-36-41(29)38-42(30)37-40(28)33-9-7-21-19(25)31-11-13-4-2-1-3-5-13/h1-6,8,14-15,17,28-30,39H,7,9-12H2,(H,21,25)(H,26,27)(H2,20,22,24)/t14-,15+,17+,40?,41?,42?/m0/s1. The van der Waals surface area contributed by atoms with E-state index in [4.69, 9.17) is 34.0 Å². The molecule has 0 spiro atoms. The van der Waals surface area contributed by atoms with Crippen molar-refractivity contribution in [2.24, 2.45) is 0 Å². The van der Waals surface area contributed by atoms with Gasteiger partial charge in [-0.15, -0.1) is 0 Å². The zero-order chi connectivity index (χ0) is 30.5. The van der Waals surface area contributed by atoms with Crippen molar-refractivity contribution < 1.29 is 65.6 Å². The highest BCUT2D eigenvalue weighted by atomic mass is 31.3. The molecule has 4 unspecified atom stereocenters. The lowest BCUT2D eigenvalue weighted by Crippen LogP contribution is -2.28. The molecule has 42 heavy (non-hydrogen) atoms. The molecule has 7 N–H and O–H groups in total. The van der Waals surface area contributed by atoms with E-state index in [0.29, 0.717) is 0 Å². The first-order valence-corrected chi connectivity index (χ1v) is 16.4. The van der Waals surface area contributed by atoms with Crippen LogP contribution in [0, 0.1) is 0 Å². The van der Waals surface area contributed by atoms with Gasteiger partial charge < -0.3 is 49.1 Å². The minimum Gasteiger partial charge on any atom is -0.445 e. The van der Waals surface area contributed by atoms with Gasteiger partial charge in [-0.2, -0.15) is 9.66 Å². The number of hydrogen-bond acceptors (Lipinski definition) is 16. The number of carbonyl (C=O) groups is 1. The van der Waals surface area contributed by atoms with Crippen molar-refractivity contribution in [2.45, 2.75) is 31.5 Å². The van der Waals surface area contributed by atoms with Gasteiger partial charge in [0, 0.05) is 19.2 Å². The Morgan fingerprint density at radius 1 is 1.17 bits per heavy atom. The van der Waals surface area contributed by atoms with Crippen LogP contribution in [-0.2, 0) is 47.9 Å². The number of nitrogens with one attached hydrogen (secondary N) is 1. The van der Waals surface area contributed by atoms with Crippen LogP contribution in [0.1, 0.15) is 18.2 Å². The van der Waals surface area contributed by atoms with Gasteiger partial charge in [-0.3, -0.25) is 9.13 Å². The fraction of sp³-hybridized carbons (Fsp3) is 0.421. The SMILES string of the molecule is Nc1ccn([C@H]2C[C@H](O[PH](=O)O)[C@@H](COOP(O)OP(O)OP(O)OCCNC(=O)OCc3ccccc3)O2)c(=O)n1. The smallest absolute Gasteiger partial charge is 0.407 e. The highest BCUT2D eigenvalue weighted by Crippen LogP contribution is 2.56. The van der Waals surface area contributed by atoms with Gasteiger partial charge in [-0.05, 0) is 11.6 Å². The van der Waals surface area contributed by atoms with Gasteiger partial charge in [-0.1, -0.05) is 30.3 Å². The number of hydrogen-bond donors (Lipinski definition) is 6. The molecular weight excluding hydrogens is 648 g/mol. The molecule has 0 bridgehead atoms. The Balaban J connectivity index is 1.31. The van der Waals surface area contributed by atoms with Gasteiger partial charge in [0.15, 0.2) is 0 Å². The van der Waals surface area contributed by atoms with Crippen LogP contribution in [0.15, 0.2) is 47.4 Å². The number of nitrogen functional groups attached to an aromatic ring is 1. The molecule has 0 radical (unpaired) electrons. The van der Waals surface area contributed by atoms with Crippen molar-refractivity contribution in [3.63, 3.8) is 0 Å². The third-order valence-electron chi connectivity index (χ3n) is 5.01. The molecule has 19 nitrogen and oxygen atoms in total. The molecule has 3 rings (SSSR count). The maximum Gasteiger partial charge on any atom is 0.407 e. The van der Waals surface area contributed by atoms with Gasteiger partial charge in [0.05, 0.1) is 12.7 Å². The quantitative estimate of drug-likeness (QED) is 0.0599. The summed E-state index contributed by atoms with van der Waals surface area (Å²) in [5, 5.41) is 2.39. The summed E-state index contributed by atoms with van der Waals surface area (Å²) >= 11 is 0. The maximum absolute atomic E-state index is 12.1. The van der Waals surface area contributed by atoms with Crippen molar-refractivity contribution in [1.82, 2.24) is 14.9 Å². The Kier molecular flexibility index (Phi) is 15.0. The van der Waals surface area contributed by atoms with E-state index in [-0.39, 0.29) is 32.0 Å². The Morgan fingerprint density at radius 3 is 2.62 bits per heavy atom. The molecule has 1 fully saturated rings. The van der Waals surface area contributed by atoms with Gasteiger partial charge in [0.25, 0.3) is 0 Å². The van der Waals surface area contributed by atoms with E-state index in [2.05, 4.69) is 23.6 Å². The highest BCUT2D eigenvalue weighted by Gasteiger charge is 2.39. The molecule has 1 aromatic heterocycles. The number of benzene rings is 1. The minimum absolute atomic E-state index is 0.00560. The first-order chi connectivity index (χ1) is 20.1. The predicted octanol–water partition coefficient (Wildman–Crippen LogP) is 1.46.